The average molecular weight is 236 g/mol. The molecule has 5 nitrogen and oxygen atoms in total. The number of anilines is 1. The van der Waals surface area contributed by atoms with E-state index in [0.717, 1.165) is 25.2 Å². The quantitative estimate of drug-likeness (QED) is 0.859. The number of aromatic nitrogens is 2. The third-order valence-electron chi connectivity index (χ3n) is 3.41. The summed E-state index contributed by atoms with van der Waals surface area (Å²) in [5.41, 5.74) is 0. The van der Waals surface area contributed by atoms with Gasteiger partial charge in [0.15, 0.2) is 0 Å². The minimum absolute atomic E-state index is 0.487. The van der Waals surface area contributed by atoms with Gasteiger partial charge >= 0.3 is 0 Å². The predicted molar refractivity (Wildman–Crippen MR) is 67.3 cm³/mol. The molecule has 2 unspecified atom stereocenters. The highest BCUT2D eigenvalue weighted by molar-refractivity contribution is 5.38. The van der Waals surface area contributed by atoms with Gasteiger partial charge in [-0.1, -0.05) is 0 Å². The lowest BCUT2D eigenvalue weighted by Gasteiger charge is -2.35. The molecule has 17 heavy (non-hydrogen) atoms. The van der Waals surface area contributed by atoms with Gasteiger partial charge in [-0.15, -0.1) is 0 Å². The summed E-state index contributed by atoms with van der Waals surface area (Å²) >= 11 is 0. The van der Waals surface area contributed by atoms with E-state index in [1.165, 1.54) is 6.33 Å². The fourth-order valence-corrected chi connectivity index (χ4v) is 2.16. The van der Waals surface area contributed by atoms with Crippen molar-refractivity contribution in [1.82, 2.24) is 14.9 Å². The van der Waals surface area contributed by atoms with E-state index >= 15 is 0 Å². The smallest absolute Gasteiger partial charge is 0.218 e. The van der Waals surface area contributed by atoms with Gasteiger partial charge < -0.3 is 15.0 Å². The van der Waals surface area contributed by atoms with E-state index in [1.54, 1.807) is 7.11 Å². The van der Waals surface area contributed by atoms with Crippen LogP contribution in [0.1, 0.15) is 19.8 Å². The van der Waals surface area contributed by atoms with E-state index in [1.807, 2.05) is 6.07 Å². The molecule has 0 amide bonds. The Hall–Kier alpha value is -1.36. The van der Waals surface area contributed by atoms with Crippen LogP contribution in [-0.2, 0) is 0 Å². The van der Waals surface area contributed by atoms with E-state index in [0.29, 0.717) is 18.0 Å². The second kappa shape index (κ2) is 5.31. The van der Waals surface area contributed by atoms with Gasteiger partial charge in [0.1, 0.15) is 12.1 Å². The van der Waals surface area contributed by atoms with E-state index in [9.17, 15) is 0 Å². The van der Waals surface area contributed by atoms with Crippen LogP contribution in [0.15, 0.2) is 12.4 Å². The summed E-state index contributed by atoms with van der Waals surface area (Å²) in [7, 11) is 3.79. The Balaban J connectivity index is 1.96. The van der Waals surface area contributed by atoms with Crippen LogP contribution in [0.4, 0.5) is 5.82 Å². The third kappa shape index (κ3) is 3.06. The van der Waals surface area contributed by atoms with Crippen molar-refractivity contribution in [3.05, 3.63) is 12.4 Å². The summed E-state index contributed by atoms with van der Waals surface area (Å²) in [4.78, 5) is 10.6. The first-order valence-corrected chi connectivity index (χ1v) is 6.02. The van der Waals surface area contributed by atoms with Crippen molar-refractivity contribution in [3.8, 4) is 5.88 Å². The molecule has 0 aliphatic carbocycles. The molecule has 0 saturated carbocycles. The number of rotatable bonds is 3. The van der Waals surface area contributed by atoms with Crippen molar-refractivity contribution in [2.45, 2.75) is 31.8 Å². The third-order valence-corrected chi connectivity index (χ3v) is 3.41. The Morgan fingerprint density at radius 1 is 1.47 bits per heavy atom. The topological polar surface area (TPSA) is 50.3 Å². The number of methoxy groups -OCH3 is 1. The number of ether oxygens (including phenoxy) is 1. The summed E-state index contributed by atoms with van der Waals surface area (Å²) in [6.45, 7) is 3.38. The van der Waals surface area contributed by atoms with Crippen LogP contribution in [0.2, 0.25) is 0 Å². The lowest BCUT2D eigenvalue weighted by molar-refractivity contribution is 0.190. The number of likely N-dealkylation sites (tertiary alicyclic amines) is 1. The average Bonchev–Trinajstić information content (AvgIpc) is 2.34. The van der Waals surface area contributed by atoms with Crippen molar-refractivity contribution in [2.75, 3.05) is 26.0 Å². The monoisotopic (exact) mass is 236 g/mol. The summed E-state index contributed by atoms with van der Waals surface area (Å²) in [5.74, 6) is 1.45. The van der Waals surface area contributed by atoms with Crippen LogP contribution in [0.25, 0.3) is 0 Å². The van der Waals surface area contributed by atoms with Gasteiger partial charge in [0, 0.05) is 24.7 Å². The molecule has 0 radical (unpaired) electrons. The van der Waals surface area contributed by atoms with Gasteiger partial charge in [-0.3, -0.25) is 0 Å². The molecule has 0 bridgehead atoms. The molecule has 94 valence electrons. The van der Waals surface area contributed by atoms with Gasteiger partial charge in [-0.2, -0.15) is 0 Å². The molecule has 1 aliphatic rings. The maximum Gasteiger partial charge on any atom is 0.218 e. The molecule has 1 aromatic rings. The van der Waals surface area contributed by atoms with E-state index in [2.05, 4.69) is 34.2 Å². The van der Waals surface area contributed by atoms with Crippen molar-refractivity contribution < 1.29 is 4.74 Å². The van der Waals surface area contributed by atoms with E-state index in [-0.39, 0.29) is 0 Å². The predicted octanol–water partition coefficient (Wildman–Crippen LogP) is 1.38. The fraction of sp³-hybridized carbons (Fsp3) is 0.667. The Morgan fingerprint density at radius 3 is 3.00 bits per heavy atom. The van der Waals surface area contributed by atoms with Gasteiger partial charge in [-0.05, 0) is 26.8 Å². The van der Waals surface area contributed by atoms with Crippen LogP contribution in [0.3, 0.4) is 0 Å². The zero-order chi connectivity index (χ0) is 12.3. The van der Waals surface area contributed by atoms with Gasteiger partial charge in [-0.25, -0.2) is 9.97 Å². The van der Waals surface area contributed by atoms with Crippen molar-refractivity contribution in [2.24, 2.45) is 0 Å². The Bertz CT molecular complexity index is 371. The summed E-state index contributed by atoms with van der Waals surface area (Å²) in [5, 5.41) is 3.45. The first-order valence-electron chi connectivity index (χ1n) is 6.02. The maximum absolute atomic E-state index is 5.08. The lowest BCUT2D eigenvalue weighted by atomic mass is 9.99. The molecule has 0 spiro atoms. The zero-order valence-corrected chi connectivity index (χ0v) is 10.7. The normalized spacial score (nSPS) is 25.6. The van der Waals surface area contributed by atoms with Crippen LogP contribution in [-0.4, -0.2) is 47.7 Å². The number of piperidine rings is 1. The Morgan fingerprint density at radius 2 is 2.29 bits per heavy atom. The second-order valence-electron chi connectivity index (χ2n) is 4.64. The van der Waals surface area contributed by atoms with Crippen molar-refractivity contribution in [3.63, 3.8) is 0 Å². The van der Waals surface area contributed by atoms with Gasteiger partial charge in [0.2, 0.25) is 5.88 Å². The SMILES string of the molecule is COc1cc(NC2CCN(C)C(C)C2)ncn1. The minimum atomic E-state index is 0.487. The molecule has 2 rings (SSSR count). The summed E-state index contributed by atoms with van der Waals surface area (Å²) in [6.07, 6.45) is 3.82. The highest BCUT2D eigenvalue weighted by Crippen LogP contribution is 2.19. The van der Waals surface area contributed by atoms with Crippen molar-refractivity contribution in [1.29, 1.82) is 0 Å². The minimum Gasteiger partial charge on any atom is -0.481 e. The maximum atomic E-state index is 5.08. The fourth-order valence-electron chi connectivity index (χ4n) is 2.16. The molecule has 5 heteroatoms. The molecule has 1 aromatic heterocycles. The van der Waals surface area contributed by atoms with Gasteiger partial charge in [0.25, 0.3) is 0 Å². The lowest BCUT2D eigenvalue weighted by Crippen LogP contribution is -2.42. The molecule has 0 aromatic carbocycles. The molecule has 1 aliphatic heterocycles. The van der Waals surface area contributed by atoms with Gasteiger partial charge in [0.05, 0.1) is 7.11 Å². The number of nitrogens with zero attached hydrogens (tertiary/aromatic N) is 3. The number of hydrogen-bond acceptors (Lipinski definition) is 5. The molecule has 2 atom stereocenters. The molecule has 1 N–H and O–H groups in total. The summed E-state index contributed by atoms with van der Waals surface area (Å²) in [6, 6.07) is 2.94. The molecule has 1 fully saturated rings. The van der Waals surface area contributed by atoms with Crippen molar-refractivity contribution >= 4 is 5.82 Å². The van der Waals surface area contributed by atoms with Crippen LogP contribution >= 0.6 is 0 Å². The molecule has 1 saturated heterocycles. The highest BCUT2D eigenvalue weighted by Gasteiger charge is 2.22. The summed E-state index contributed by atoms with van der Waals surface area (Å²) < 4.78 is 5.08. The number of hydrogen-bond donors (Lipinski definition) is 1. The largest absolute Gasteiger partial charge is 0.481 e. The molecular weight excluding hydrogens is 216 g/mol. The number of nitrogens with one attached hydrogen (secondary N) is 1. The molecule has 2 heterocycles. The van der Waals surface area contributed by atoms with Crippen LogP contribution < -0.4 is 10.1 Å². The zero-order valence-electron chi connectivity index (χ0n) is 10.7. The first kappa shape index (κ1) is 12.1. The van der Waals surface area contributed by atoms with Crippen LogP contribution in [0, 0.1) is 0 Å². The van der Waals surface area contributed by atoms with E-state index in [4.69, 9.17) is 4.74 Å². The molecular formula is C12H20N4O. The Labute approximate surface area is 102 Å². The van der Waals surface area contributed by atoms with E-state index < -0.39 is 0 Å². The first-order chi connectivity index (χ1) is 8.19. The van der Waals surface area contributed by atoms with Crippen LogP contribution in [0.5, 0.6) is 5.88 Å². The highest BCUT2D eigenvalue weighted by atomic mass is 16.5. The Kier molecular flexibility index (Phi) is 3.78. The second-order valence-corrected chi connectivity index (χ2v) is 4.64. The standard InChI is InChI=1S/C12H20N4O/c1-9-6-10(4-5-16(9)2)15-11-7-12(17-3)14-8-13-11/h7-10H,4-6H2,1-3H3,(H,13,14,15).